The minimum Gasteiger partial charge on any atom is -0.379 e. The van der Waals surface area contributed by atoms with Crippen LogP contribution in [0.15, 0.2) is 4.99 Å². The number of nitrogens with zero attached hydrogens (tertiary/aromatic N) is 2. The van der Waals surface area contributed by atoms with E-state index in [-0.39, 0.29) is 12.0 Å². The fourth-order valence-corrected chi connectivity index (χ4v) is 3.11. The second-order valence-electron chi connectivity index (χ2n) is 6.59. The first-order valence-electron chi connectivity index (χ1n) is 8.89. The van der Waals surface area contributed by atoms with Crippen molar-refractivity contribution in [2.75, 3.05) is 59.6 Å². The van der Waals surface area contributed by atoms with Crippen molar-refractivity contribution < 1.29 is 22.6 Å². The molecule has 146 valence electrons. The van der Waals surface area contributed by atoms with Crippen LogP contribution in [0.2, 0.25) is 0 Å². The molecular formula is C16H29F3N4O2. The van der Waals surface area contributed by atoms with Gasteiger partial charge in [0.25, 0.3) is 0 Å². The molecule has 2 saturated heterocycles. The average Bonchev–Trinajstić information content (AvgIpc) is 3.20. The highest BCUT2D eigenvalue weighted by atomic mass is 19.4. The number of halogens is 3. The third-order valence-corrected chi connectivity index (χ3v) is 4.41. The highest BCUT2D eigenvalue weighted by Gasteiger charge is 2.34. The van der Waals surface area contributed by atoms with Crippen molar-refractivity contribution >= 4 is 5.96 Å². The van der Waals surface area contributed by atoms with Gasteiger partial charge in [0.1, 0.15) is 0 Å². The number of hydrogen-bond donors (Lipinski definition) is 2. The molecule has 2 heterocycles. The molecular weight excluding hydrogens is 337 g/mol. The van der Waals surface area contributed by atoms with Crippen molar-refractivity contribution in [1.29, 1.82) is 0 Å². The van der Waals surface area contributed by atoms with Gasteiger partial charge in [-0.3, -0.25) is 9.89 Å². The van der Waals surface area contributed by atoms with Gasteiger partial charge in [-0.15, -0.1) is 0 Å². The van der Waals surface area contributed by atoms with E-state index in [4.69, 9.17) is 9.47 Å². The lowest BCUT2D eigenvalue weighted by atomic mass is 10.1. The van der Waals surface area contributed by atoms with Crippen molar-refractivity contribution in [3.05, 3.63) is 0 Å². The lowest BCUT2D eigenvalue weighted by Crippen LogP contribution is -2.41. The minimum atomic E-state index is -4.12. The maximum absolute atomic E-state index is 12.4. The standard InChI is InChI=1S/C16H29F3N4O2/c1-20-15(21-5-2-7-25-14-4-8-24-11-14)22-9-13-3-6-23(10-13)12-16(17,18)19/h13-14H,2-12H2,1H3,(H2,20,21,22). The normalized spacial score (nSPS) is 25.5. The lowest BCUT2D eigenvalue weighted by Gasteiger charge is -2.18. The second kappa shape index (κ2) is 10.2. The quantitative estimate of drug-likeness (QED) is 0.384. The summed E-state index contributed by atoms with van der Waals surface area (Å²) >= 11 is 0. The van der Waals surface area contributed by atoms with Crippen LogP contribution in [0.5, 0.6) is 0 Å². The summed E-state index contributed by atoms with van der Waals surface area (Å²) in [6.45, 7) is 3.66. The summed E-state index contributed by atoms with van der Waals surface area (Å²) in [7, 11) is 1.69. The molecule has 0 bridgehead atoms. The van der Waals surface area contributed by atoms with E-state index in [9.17, 15) is 13.2 Å². The first kappa shape index (κ1) is 20.3. The molecule has 0 aromatic heterocycles. The van der Waals surface area contributed by atoms with Crippen LogP contribution in [0.1, 0.15) is 19.3 Å². The van der Waals surface area contributed by atoms with Gasteiger partial charge in [-0.25, -0.2) is 0 Å². The molecule has 2 fully saturated rings. The van der Waals surface area contributed by atoms with E-state index in [0.29, 0.717) is 38.8 Å². The summed E-state index contributed by atoms with van der Waals surface area (Å²) in [5.41, 5.74) is 0. The van der Waals surface area contributed by atoms with Crippen molar-refractivity contribution in [3.8, 4) is 0 Å². The summed E-state index contributed by atoms with van der Waals surface area (Å²) < 4.78 is 48.1. The Labute approximate surface area is 147 Å². The average molecular weight is 366 g/mol. The molecule has 0 aliphatic carbocycles. The van der Waals surface area contributed by atoms with Crippen molar-refractivity contribution in [2.24, 2.45) is 10.9 Å². The van der Waals surface area contributed by atoms with Crippen LogP contribution in [0.25, 0.3) is 0 Å². The predicted octanol–water partition coefficient (Wildman–Crippen LogP) is 1.23. The fraction of sp³-hybridized carbons (Fsp3) is 0.938. The molecule has 2 rings (SSSR count). The van der Waals surface area contributed by atoms with Crippen LogP contribution in [-0.4, -0.2) is 82.7 Å². The van der Waals surface area contributed by atoms with Crippen LogP contribution in [0.3, 0.4) is 0 Å². The number of hydrogen-bond acceptors (Lipinski definition) is 4. The summed E-state index contributed by atoms with van der Waals surface area (Å²) in [6.07, 6.45) is -1.30. The summed E-state index contributed by atoms with van der Waals surface area (Å²) in [4.78, 5) is 5.61. The first-order valence-corrected chi connectivity index (χ1v) is 8.89. The first-order chi connectivity index (χ1) is 12.0. The third-order valence-electron chi connectivity index (χ3n) is 4.41. The number of ether oxygens (including phenoxy) is 2. The van der Waals surface area contributed by atoms with Gasteiger partial charge in [-0.05, 0) is 31.7 Å². The highest BCUT2D eigenvalue weighted by molar-refractivity contribution is 5.79. The van der Waals surface area contributed by atoms with Gasteiger partial charge in [0.2, 0.25) is 0 Å². The van der Waals surface area contributed by atoms with Crippen molar-refractivity contribution in [2.45, 2.75) is 31.5 Å². The Morgan fingerprint density at radius 2 is 2.16 bits per heavy atom. The van der Waals surface area contributed by atoms with E-state index in [2.05, 4.69) is 15.6 Å². The zero-order chi connectivity index (χ0) is 18.1. The maximum atomic E-state index is 12.4. The SMILES string of the molecule is CN=C(NCCCOC1CCOC1)NCC1CCN(CC(F)(F)F)C1. The molecule has 2 N–H and O–H groups in total. The largest absolute Gasteiger partial charge is 0.401 e. The Hall–Kier alpha value is -1.06. The summed E-state index contributed by atoms with van der Waals surface area (Å²) in [5, 5.41) is 6.40. The molecule has 2 aliphatic rings. The second-order valence-corrected chi connectivity index (χ2v) is 6.59. The van der Waals surface area contributed by atoms with Crippen molar-refractivity contribution in [3.63, 3.8) is 0 Å². The highest BCUT2D eigenvalue weighted by Crippen LogP contribution is 2.22. The third kappa shape index (κ3) is 8.24. The molecule has 2 aliphatic heterocycles. The van der Waals surface area contributed by atoms with E-state index in [1.54, 1.807) is 7.05 Å². The minimum absolute atomic E-state index is 0.214. The smallest absolute Gasteiger partial charge is 0.379 e. The van der Waals surface area contributed by atoms with Gasteiger partial charge in [-0.1, -0.05) is 0 Å². The van der Waals surface area contributed by atoms with Gasteiger partial charge in [0.15, 0.2) is 5.96 Å². The number of alkyl halides is 3. The van der Waals surface area contributed by atoms with E-state index in [0.717, 1.165) is 32.4 Å². The molecule has 0 aromatic carbocycles. The number of rotatable bonds is 8. The Balaban J connectivity index is 1.53. The van der Waals surface area contributed by atoms with Crippen LogP contribution in [0, 0.1) is 5.92 Å². The van der Waals surface area contributed by atoms with Gasteiger partial charge < -0.3 is 20.1 Å². The molecule has 6 nitrogen and oxygen atoms in total. The molecule has 0 amide bonds. The maximum Gasteiger partial charge on any atom is 0.401 e. The number of guanidine groups is 1. The van der Waals surface area contributed by atoms with Gasteiger partial charge >= 0.3 is 6.18 Å². The summed E-state index contributed by atoms with van der Waals surface area (Å²) in [6, 6.07) is 0. The van der Waals surface area contributed by atoms with Crippen LogP contribution >= 0.6 is 0 Å². The number of likely N-dealkylation sites (tertiary alicyclic amines) is 1. The summed E-state index contributed by atoms with van der Waals surface area (Å²) in [5.74, 6) is 0.894. The topological polar surface area (TPSA) is 58.1 Å². The van der Waals surface area contributed by atoms with Crippen LogP contribution in [-0.2, 0) is 9.47 Å². The Morgan fingerprint density at radius 1 is 1.32 bits per heavy atom. The van der Waals surface area contributed by atoms with Gasteiger partial charge in [-0.2, -0.15) is 13.2 Å². The monoisotopic (exact) mass is 366 g/mol. The molecule has 2 unspecified atom stereocenters. The molecule has 0 saturated carbocycles. The molecule has 0 spiro atoms. The Morgan fingerprint density at radius 3 is 2.84 bits per heavy atom. The predicted molar refractivity (Wildman–Crippen MR) is 89.8 cm³/mol. The van der Waals surface area contributed by atoms with Gasteiger partial charge in [0.05, 0.1) is 19.3 Å². The zero-order valence-electron chi connectivity index (χ0n) is 14.8. The molecule has 0 aromatic rings. The number of aliphatic imine (C=N–C) groups is 1. The fourth-order valence-electron chi connectivity index (χ4n) is 3.11. The van der Waals surface area contributed by atoms with Crippen LogP contribution in [0.4, 0.5) is 13.2 Å². The van der Waals surface area contributed by atoms with E-state index >= 15 is 0 Å². The molecule has 25 heavy (non-hydrogen) atoms. The molecule has 2 atom stereocenters. The Kier molecular flexibility index (Phi) is 8.25. The van der Waals surface area contributed by atoms with Crippen LogP contribution < -0.4 is 10.6 Å². The molecule has 0 radical (unpaired) electrons. The van der Waals surface area contributed by atoms with E-state index < -0.39 is 12.7 Å². The van der Waals surface area contributed by atoms with E-state index in [1.165, 1.54) is 4.90 Å². The zero-order valence-corrected chi connectivity index (χ0v) is 14.8. The lowest BCUT2D eigenvalue weighted by molar-refractivity contribution is -0.143. The van der Waals surface area contributed by atoms with E-state index in [1.807, 2.05) is 0 Å². The van der Waals surface area contributed by atoms with Crippen molar-refractivity contribution in [1.82, 2.24) is 15.5 Å². The molecule has 9 heteroatoms. The van der Waals surface area contributed by atoms with Gasteiger partial charge in [0, 0.05) is 39.9 Å². The Bertz CT molecular complexity index is 415. The number of nitrogens with one attached hydrogen (secondary N) is 2.